The number of pyridine rings is 2. The predicted molar refractivity (Wildman–Crippen MR) is 45.4 cm³/mol. The third kappa shape index (κ3) is 0.906. The van der Waals surface area contributed by atoms with Crippen molar-refractivity contribution >= 4 is 11.0 Å². The van der Waals surface area contributed by atoms with Crippen molar-refractivity contribution in [3.8, 4) is 0 Å². The second-order valence-electron chi connectivity index (χ2n) is 2.70. The van der Waals surface area contributed by atoms with Crippen molar-refractivity contribution in [2.24, 2.45) is 0 Å². The number of hydrogen-bond acceptors (Lipinski definition) is 2. The van der Waals surface area contributed by atoms with Crippen LogP contribution in [0, 0.1) is 12.1 Å². The van der Waals surface area contributed by atoms with Crippen LogP contribution in [0.3, 0.4) is 0 Å². The summed E-state index contributed by atoms with van der Waals surface area (Å²) in [6.45, 7) is 1.94. The van der Waals surface area contributed by atoms with Crippen molar-refractivity contribution in [3.63, 3.8) is 0 Å². The molecule has 0 amide bonds. The molecule has 3 nitrogen and oxygen atoms in total. The molecule has 0 bridgehead atoms. The topological polar surface area (TPSA) is 39.8 Å². The van der Waals surface area contributed by atoms with Gasteiger partial charge in [0.25, 0.3) is 0 Å². The second-order valence-corrected chi connectivity index (χ2v) is 2.70. The average Bonchev–Trinajstić information content (AvgIpc) is 2.12. The molecule has 2 rings (SSSR count). The van der Waals surface area contributed by atoms with Crippen molar-refractivity contribution in [1.29, 1.82) is 0 Å². The van der Waals surface area contributed by atoms with Crippen LogP contribution in [0.2, 0.25) is 0 Å². The Hall–Kier alpha value is -1.64. The molecule has 2 heterocycles. The molecule has 0 saturated carbocycles. The zero-order valence-corrected chi connectivity index (χ0v) is 6.69. The van der Waals surface area contributed by atoms with Crippen LogP contribution in [0.25, 0.3) is 11.0 Å². The van der Waals surface area contributed by atoms with Crippen molar-refractivity contribution in [2.45, 2.75) is 6.92 Å². The Morgan fingerprint density at radius 1 is 1.42 bits per heavy atom. The highest BCUT2D eigenvalue weighted by Gasteiger charge is 2.04. The van der Waals surface area contributed by atoms with E-state index in [1.54, 1.807) is 24.4 Å². The standard InChI is InChI=1S/C9H8N2O/c1-7-4-6-11(12)8-3-2-5-10-9(7)8/h2-6H,1H3. The van der Waals surface area contributed by atoms with Gasteiger partial charge in [-0.3, -0.25) is 0 Å². The first-order valence-corrected chi connectivity index (χ1v) is 3.72. The van der Waals surface area contributed by atoms with Gasteiger partial charge in [-0.1, -0.05) is 0 Å². The third-order valence-corrected chi connectivity index (χ3v) is 1.86. The maximum absolute atomic E-state index is 11.2. The Labute approximate surface area is 69.9 Å². The van der Waals surface area contributed by atoms with E-state index in [4.69, 9.17) is 0 Å². The molecule has 0 aliphatic heterocycles. The van der Waals surface area contributed by atoms with Gasteiger partial charge < -0.3 is 5.21 Å². The van der Waals surface area contributed by atoms with Crippen molar-refractivity contribution in [3.05, 3.63) is 41.4 Å². The van der Waals surface area contributed by atoms with E-state index in [0.717, 1.165) is 15.8 Å². The first-order valence-electron chi connectivity index (χ1n) is 3.72. The van der Waals surface area contributed by atoms with Crippen LogP contribution in [0.4, 0.5) is 0 Å². The summed E-state index contributed by atoms with van der Waals surface area (Å²) in [7, 11) is 0. The van der Waals surface area contributed by atoms with Crippen molar-refractivity contribution in [2.75, 3.05) is 0 Å². The summed E-state index contributed by atoms with van der Waals surface area (Å²) in [5.41, 5.74) is 2.42. The normalized spacial score (nSPS) is 10.4. The van der Waals surface area contributed by atoms with E-state index in [2.05, 4.69) is 4.98 Å². The number of fused-ring (bicyclic) bond motifs is 1. The van der Waals surface area contributed by atoms with E-state index in [1.807, 2.05) is 6.92 Å². The molecule has 0 aliphatic rings. The lowest BCUT2D eigenvalue weighted by Crippen LogP contribution is -2.26. The lowest BCUT2D eigenvalue weighted by atomic mass is 10.2. The fourth-order valence-electron chi connectivity index (χ4n) is 1.22. The monoisotopic (exact) mass is 160 g/mol. The van der Waals surface area contributed by atoms with Gasteiger partial charge in [-0.05, 0) is 18.6 Å². The summed E-state index contributed by atoms with van der Waals surface area (Å²) in [6, 6.07) is 5.29. The molecule has 0 atom stereocenters. The fraction of sp³-hybridized carbons (Fsp3) is 0.111. The van der Waals surface area contributed by atoms with Crippen LogP contribution in [0.5, 0.6) is 0 Å². The van der Waals surface area contributed by atoms with Gasteiger partial charge in [0.05, 0.1) is 0 Å². The zero-order chi connectivity index (χ0) is 8.55. The van der Waals surface area contributed by atoms with E-state index in [1.165, 1.54) is 6.20 Å². The van der Waals surface area contributed by atoms with Gasteiger partial charge in [-0.2, -0.15) is 4.73 Å². The van der Waals surface area contributed by atoms with Crippen LogP contribution in [-0.4, -0.2) is 4.98 Å². The van der Waals surface area contributed by atoms with E-state index in [9.17, 15) is 5.21 Å². The highest BCUT2D eigenvalue weighted by Crippen LogP contribution is 2.09. The maximum Gasteiger partial charge on any atom is 0.242 e. The molecule has 2 aromatic rings. The van der Waals surface area contributed by atoms with Crippen molar-refractivity contribution < 1.29 is 4.73 Å². The number of aromatic nitrogens is 2. The molecule has 3 heteroatoms. The molecule has 2 aromatic heterocycles. The van der Waals surface area contributed by atoms with E-state index < -0.39 is 0 Å². The van der Waals surface area contributed by atoms with E-state index >= 15 is 0 Å². The summed E-state index contributed by atoms with van der Waals surface area (Å²) in [6.07, 6.45) is 3.19. The van der Waals surface area contributed by atoms with Gasteiger partial charge >= 0.3 is 0 Å². The average molecular weight is 160 g/mol. The predicted octanol–water partition coefficient (Wildman–Crippen LogP) is 1.18. The first kappa shape index (κ1) is 7.03. The van der Waals surface area contributed by atoms with Gasteiger partial charge in [0.1, 0.15) is 5.52 Å². The summed E-state index contributed by atoms with van der Waals surface area (Å²) in [5.74, 6) is 0. The highest BCUT2D eigenvalue weighted by atomic mass is 16.5. The third-order valence-electron chi connectivity index (χ3n) is 1.86. The highest BCUT2D eigenvalue weighted by molar-refractivity contribution is 5.73. The van der Waals surface area contributed by atoms with Gasteiger partial charge in [0, 0.05) is 18.3 Å². The largest absolute Gasteiger partial charge is 0.618 e. The summed E-state index contributed by atoms with van der Waals surface area (Å²) >= 11 is 0. The zero-order valence-electron chi connectivity index (χ0n) is 6.69. The Kier molecular flexibility index (Phi) is 1.43. The van der Waals surface area contributed by atoms with Crippen LogP contribution in [-0.2, 0) is 0 Å². The molecule has 0 saturated heterocycles. The molecule has 60 valence electrons. The lowest BCUT2D eigenvalue weighted by Gasteiger charge is -2.01. The molecule has 0 unspecified atom stereocenters. The van der Waals surface area contributed by atoms with Gasteiger partial charge in [-0.15, -0.1) is 0 Å². The quantitative estimate of drug-likeness (QED) is 0.428. The maximum atomic E-state index is 11.2. The smallest absolute Gasteiger partial charge is 0.242 e. The van der Waals surface area contributed by atoms with Crippen molar-refractivity contribution in [1.82, 2.24) is 4.98 Å². The summed E-state index contributed by atoms with van der Waals surface area (Å²) in [4.78, 5) is 4.12. The number of nitrogens with zero attached hydrogens (tertiary/aromatic N) is 2. The number of hydrogen-bond donors (Lipinski definition) is 0. The molecule has 0 fully saturated rings. The molecular weight excluding hydrogens is 152 g/mol. The number of aryl methyl sites for hydroxylation is 1. The summed E-state index contributed by atoms with van der Waals surface area (Å²) < 4.78 is 0.829. The van der Waals surface area contributed by atoms with Crippen LogP contribution in [0.1, 0.15) is 5.56 Å². The molecule has 0 N–H and O–H groups in total. The van der Waals surface area contributed by atoms with E-state index in [-0.39, 0.29) is 0 Å². The number of rotatable bonds is 0. The Morgan fingerprint density at radius 2 is 2.25 bits per heavy atom. The first-order chi connectivity index (χ1) is 5.79. The molecular formula is C9H8N2O. The van der Waals surface area contributed by atoms with Crippen LogP contribution in [0.15, 0.2) is 30.6 Å². The molecule has 0 radical (unpaired) electrons. The lowest BCUT2D eigenvalue weighted by molar-refractivity contribution is -0.577. The fourth-order valence-corrected chi connectivity index (χ4v) is 1.22. The van der Waals surface area contributed by atoms with Gasteiger partial charge in [0.2, 0.25) is 5.52 Å². The van der Waals surface area contributed by atoms with Crippen LogP contribution >= 0.6 is 0 Å². The summed E-state index contributed by atoms with van der Waals surface area (Å²) in [5, 5.41) is 11.2. The SMILES string of the molecule is Cc1cc[n+]([O-])c2cccnc12. The minimum Gasteiger partial charge on any atom is -0.618 e. The Balaban J connectivity index is 2.95. The Bertz CT molecular complexity index is 385. The van der Waals surface area contributed by atoms with Gasteiger partial charge in [0.15, 0.2) is 6.20 Å². The minimum atomic E-state index is 0.623. The molecule has 0 aliphatic carbocycles. The molecule has 0 aromatic carbocycles. The second kappa shape index (κ2) is 2.44. The van der Waals surface area contributed by atoms with Crippen LogP contribution < -0.4 is 4.73 Å². The van der Waals surface area contributed by atoms with Gasteiger partial charge in [-0.25, -0.2) is 4.98 Å². The van der Waals surface area contributed by atoms with E-state index in [0.29, 0.717) is 5.52 Å². The molecule has 12 heavy (non-hydrogen) atoms. The minimum absolute atomic E-state index is 0.623. The Morgan fingerprint density at radius 3 is 3.00 bits per heavy atom. The molecule has 0 spiro atoms.